The lowest BCUT2D eigenvalue weighted by atomic mass is 9.92. The quantitative estimate of drug-likeness (QED) is 0.295. The molecule has 2 N–H and O–H groups in total. The summed E-state index contributed by atoms with van der Waals surface area (Å²) in [6.07, 6.45) is 2.38. The molecule has 0 heterocycles. The lowest BCUT2D eigenvalue weighted by Gasteiger charge is -2.20. The topological polar surface area (TPSA) is 95.8 Å². The molecule has 0 fully saturated rings. The van der Waals surface area contributed by atoms with Gasteiger partial charge in [0.1, 0.15) is 0 Å². The number of hydrogen-bond donors (Lipinski definition) is 2. The van der Waals surface area contributed by atoms with Gasteiger partial charge in [0.2, 0.25) is 17.2 Å². The largest absolute Gasteiger partial charge is 0.502 e. The maximum Gasteiger partial charge on any atom is 0.211 e. The molecule has 0 amide bonds. The Bertz CT molecular complexity index is 1170. The minimum atomic E-state index is -0.0980. The highest BCUT2D eigenvalue weighted by molar-refractivity contribution is 5.60. The minimum Gasteiger partial charge on any atom is -0.502 e. The minimum absolute atomic E-state index is 0.0332. The van der Waals surface area contributed by atoms with Crippen LogP contribution in [0.4, 0.5) is 0 Å². The molecule has 0 saturated heterocycles. The maximum absolute atomic E-state index is 10.7. The van der Waals surface area contributed by atoms with E-state index in [1.807, 2.05) is 12.1 Å². The van der Waals surface area contributed by atoms with Crippen LogP contribution >= 0.6 is 0 Å². The highest BCUT2D eigenvalue weighted by Gasteiger charge is 2.22. The van der Waals surface area contributed by atoms with Crippen molar-refractivity contribution in [3.05, 3.63) is 53.1 Å². The van der Waals surface area contributed by atoms with E-state index in [1.165, 1.54) is 21.3 Å². The highest BCUT2D eigenvalue weighted by atomic mass is 16.5. The average Bonchev–Trinajstić information content (AvgIpc) is 2.91. The fourth-order valence-corrected chi connectivity index (χ4v) is 4.24. The molecule has 8 heteroatoms. The van der Waals surface area contributed by atoms with Crippen LogP contribution in [-0.4, -0.2) is 45.8 Å². The molecule has 0 saturated carbocycles. The Morgan fingerprint density at radius 1 is 0.622 bits per heavy atom. The van der Waals surface area contributed by atoms with Crippen molar-refractivity contribution in [2.24, 2.45) is 0 Å². The van der Waals surface area contributed by atoms with E-state index in [1.54, 1.807) is 38.5 Å². The number of phenols is 2. The first-order valence-corrected chi connectivity index (χ1v) is 12.1. The summed E-state index contributed by atoms with van der Waals surface area (Å²) in [6.45, 7) is 4.15. The molecule has 200 valence electrons. The molecule has 0 bridgehead atoms. The zero-order chi connectivity index (χ0) is 27.1. The molecule has 0 aliphatic heterocycles. The van der Waals surface area contributed by atoms with Crippen molar-refractivity contribution in [1.82, 2.24) is 0 Å². The van der Waals surface area contributed by atoms with E-state index in [4.69, 9.17) is 28.4 Å². The van der Waals surface area contributed by atoms with E-state index in [9.17, 15) is 10.2 Å². The van der Waals surface area contributed by atoms with Gasteiger partial charge >= 0.3 is 0 Å². The normalized spacial score (nSPS) is 11.5. The fourth-order valence-electron chi connectivity index (χ4n) is 4.24. The molecule has 0 radical (unpaired) electrons. The van der Waals surface area contributed by atoms with Crippen molar-refractivity contribution >= 4 is 0 Å². The molecular weight excluding hydrogens is 476 g/mol. The van der Waals surface area contributed by atoms with E-state index in [0.717, 1.165) is 29.5 Å². The Balaban J connectivity index is 1.98. The molecule has 3 rings (SSSR count). The van der Waals surface area contributed by atoms with Crippen molar-refractivity contribution < 1.29 is 38.6 Å². The highest BCUT2D eigenvalue weighted by Crippen LogP contribution is 2.47. The molecule has 1 unspecified atom stereocenters. The maximum atomic E-state index is 10.7. The summed E-state index contributed by atoms with van der Waals surface area (Å²) in [5, 5.41) is 20.9. The molecule has 1 atom stereocenters. The Morgan fingerprint density at radius 3 is 1.51 bits per heavy atom. The Hall–Kier alpha value is -3.94. The summed E-state index contributed by atoms with van der Waals surface area (Å²) in [4.78, 5) is 0. The predicted octanol–water partition coefficient (Wildman–Crippen LogP) is 6.23. The third-order valence-corrected chi connectivity index (χ3v) is 6.20. The molecule has 0 aliphatic rings. The van der Waals surface area contributed by atoms with Crippen LogP contribution in [0.2, 0.25) is 0 Å². The molecule has 3 aromatic carbocycles. The first-order chi connectivity index (χ1) is 17.8. The third-order valence-electron chi connectivity index (χ3n) is 6.20. The monoisotopic (exact) mass is 512 g/mol. The van der Waals surface area contributed by atoms with Crippen LogP contribution in [0, 0.1) is 0 Å². The van der Waals surface area contributed by atoms with Crippen LogP contribution in [0.3, 0.4) is 0 Å². The first-order valence-electron chi connectivity index (χ1n) is 12.1. The predicted molar refractivity (Wildman–Crippen MR) is 142 cm³/mol. The van der Waals surface area contributed by atoms with E-state index in [-0.39, 0.29) is 23.2 Å². The van der Waals surface area contributed by atoms with Crippen LogP contribution in [0.15, 0.2) is 36.4 Å². The van der Waals surface area contributed by atoms with Crippen molar-refractivity contribution in [3.63, 3.8) is 0 Å². The molecular formula is C29H36O8. The standard InChI is InChI=1S/C29H36O8/c1-8-9-18-11-21(32-3)28(31)24(12-18)37-29-25(35-6)15-20(16-26(29)36-7)17(2)10-19-13-22(33-4)27(30)23(14-19)34-5/h11-17,30-31H,8-10H2,1-7H3. The van der Waals surface area contributed by atoms with Crippen LogP contribution in [-0.2, 0) is 12.8 Å². The molecule has 8 nitrogen and oxygen atoms in total. The van der Waals surface area contributed by atoms with Gasteiger partial charge in [0, 0.05) is 0 Å². The van der Waals surface area contributed by atoms with Crippen molar-refractivity contribution in [2.75, 3.05) is 35.5 Å². The third kappa shape index (κ3) is 6.07. The summed E-state index contributed by atoms with van der Waals surface area (Å²) in [5.74, 6) is 2.46. The van der Waals surface area contributed by atoms with Gasteiger partial charge in [0.25, 0.3) is 0 Å². The van der Waals surface area contributed by atoms with E-state index < -0.39 is 0 Å². The number of hydrogen-bond acceptors (Lipinski definition) is 8. The lowest BCUT2D eigenvalue weighted by Crippen LogP contribution is -2.03. The van der Waals surface area contributed by atoms with Crippen molar-refractivity contribution in [2.45, 2.75) is 39.0 Å². The van der Waals surface area contributed by atoms with Crippen LogP contribution in [0.5, 0.6) is 51.7 Å². The Morgan fingerprint density at radius 2 is 1.05 bits per heavy atom. The summed E-state index contributed by atoms with van der Waals surface area (Å²) >= 11 is 0. The average molecular weight is 513 g/mol. The number of phenolic OH excluding ortho intramolecular Hbond substituents is 2. The number of methoxy groups -OCH3 is 5. The Kier molecular flexibility index (Phi) is 9.22. The second-order valence-corrected chi connectivity index (χ2v) is 8.71. The van der Waals surface area contributed by atoms with E-state index >= 15 is 0 Å². The number of aromatic hydroxyl groups is 2. The fraction of sp³-hybridized carbons (Fsp3) is 0.379. The van der Waals surface area contributed by atoms with E-state index in [2.05, 4.69) is 13.8 Å². The second-order valence-electron chi connectivity index (χ2n) is 8.71. The van der Waals surface area contributed by atoms with Gasteiger partial charge in [-0.25, -0.2) is 0 Å². The summed E-state index contributed by atoms with van der Waals surface area (Å²) in [6, 6.07) is 11.0. The number of aryl methyl sites for hydroxylation is 1. The van der Waals surface area contributed by atoms with Crippen LogP contribution in [0.1, 0.15) is 42.9 Å². The van der Waals surface area contributed by atoms with Gasteiger partial charge in [-0.05, 0) is 71.8 Å². The zero-order valence-electron chi connectivity index (χ0n) is 22.5. The number of benzene rings is 3. The SMILES string of the molecule is CCCc1cc(OC)c(O)c(Oc2c(OC)cc(C(C)Cc3cc(OC)c(O)c(OC)c3)cc2OC)c1. The summed E-state index contributed by atoms with van der Waals surface area (Å²) in [7, 11) is 7.62. The van der Waals surface area contributed by atoms with Gasteiger partial charge in [-0.2, -0.15) is 0 Å². The van der Waals surface area contributed by atoms with Crippen molar-refractivity contribution in [3.8, 4) is 51.7 Å². The number of ether oxygens (including phenoxy) is 6. The second kappa shape index (κ2) is 12.3. The molecule has 37 heavy (non-hydrogen) atoms. The van der Waals surface area contributed by atoms with Crippen LogP contribution < -0.4 is 28.4 Å². The van der Waals surface area contributed by atoms with Crippen LogP contribution in [0.25, 0.3) is 0 Å². The van der Waals surface area contributed by atoms with Crippen molar-refractivity contribution in [1.29, 1.82) is 0 Å². The zero-order valence-corrected chi connectivity index (χ0v) is 22.5. The summed E-state index contributed by atoms with van der Waals surface area (Å²) in [5.41, 5.74) is 2.87. The number of rotatable bonds is 12. The van der Waals surface area contributed by atoms with Gasteiger partial charge in [0.05, 0.1) is 35.5 Å². The summed E-state index contributed by atoms with van der Waals surface area (Å²) < 4.78 is 33.4. The lowest BCUT2D eigenvalue weighted by molar-refractivity contribution is 0.326. The smallest absolute Gasteiger partial charge is 0.211 e. The first kappa shape index (κ1) is 27.6. The Labute approximate surface area is 218 Å². The van der Waals surface area contributed by atoms with Gasteiger partial charge in [-0.1, -0.05) is 20.3 Å². The van der Waals surface area contributed by atoms with Gasteiger partial charge < -0.3 is 38.6 Å². The van der Waals surface area contributed by atoms with E-state index in [0.29, 0.717) is 40.9 Å². The molecule has 0 spiro atoms. The molecule has 0 aromatic heterocycles. The van der Waals surface area contributed by atoms with Gasteiger partial charge in [-0.15, -0.1) is 0 Å². The van der Waals surface area contributed by atoms with Gasteiger partial charge in [0.15, 0.2) is 34.5 Å². The molecule has 3 aromatic rings. The van der Waals surface area contributed by atoms with Gasteiger partial charge in [-0.3, -0.25) is 0 Å². The molecule has 0 aliphatic carbocycles.